The molecule has 0 bridgehead atoms. The molecule has 0 saturated carbocycles. The first kappa shape index (κ1) is 21.6. The van der Waals surface area contributed by atoms with Gasteiger partial charge < -0.3 is 25.0 Å². The van der Waals surface area contributed by atoms with Crippen molar-refractivity contribution in [3.05, 3.63) is 48.3 Å². The summed E-state index contributed by atoms with van der Waals surface area (Å²) < 4.78 is 11.5. The van der Waals surface area contributed by atoms with Crippen LogP contribution in [0.15, 0.2) is 42.7 Å². The lowest BCUT2D eigenvalue weighted by Gasteiger charge is -2.15. The van der Waals surface area contributed by atoms with Gasteiger partial charge in [-0.1, -0.05) is 12.1 Å². The van der Waals surface area contributed by atoms with E-state index < -0.39 is 0 Å². The van der Waals surface area contributed by atoms with E-state index in [1.54, 1.807) is 13.4 Å². The van der Waals surface area contributed by atoms with Gasteiger partial charge in [0.2, 0.25) is 0 Å². The van der Waals surface area contributed by atoms with Gasteiger partial charge in [-0.3, -0.25) is 0 Å². The molecule has 0 unspecified atom stereocenters. The SMILES string of the molecule is CNc1ccc(CCNc2ncnc3cc(OCCCN(C)C)c(OC)cc23)cc1. The number of hydrogen-bond acceptors (Lipinski definition) is 7. The van der Waals surface area contributed by atoms with Gasteiger partial charge in [0.15, 0.2) is 11.5 Å². The fourth-order valence-corrected chi connectivity index (χ4v) is 3.20. The third-order valence-electron chi connectivity index (χ3n) is 4.88. The van der Waals surface area contributed by atoms with Crippen LogP contribution in [0.25, 0.3) is 10.9 Å². The maximum Gasteiger partial charge on any atom is 0.163 e. The van der Waals surface area contributed by atoms with E-state index in [2.05, 4.69) is 63.9 Å². The Kier molecular flexibility index (Phi) is 7.68. The number of fused-ring (bicyclic) bond motifs is 1. The Bertz CT molecular complexity index is 944. The maximum atomic E-state index is 5.95. The van der Waals surface area contributed by atoms with Crippen LogP contribution in [-0.4, -0.2) is 62.8 Å². The lowest BCUT2D eigenvalue weighted by Crippen LogP contribution is -2.15. The summed E-state index contributed by atoms with van der Waals surface area (Å²) in [6.45, 7) is 2.38. The Morgan fingerprint density at radius 3 is 2.53 bits per heavy atom. The van der Waals surface area contributed by atoms with Crippen molar-refractivity contribution in [3.63, 3.8) is 0 Å². The molecule has 7 nitrogen and oxygen atoms in total. The van der Waals surface area contributed by atoms with Crippen LogP contribution in [0.4, 0.5) is 11.5 Å². The third-order valence-corrected chi connectivity index (χ3v) is 4.88. The molecule has 0 radical (unpaired) electrons. The highest BCUT2D eigenvalue weighted by atomic mass is 16.5. The van der Waals surface area contributed by atoms with Crippen molar-refractivity contribution in [1.82, 2.24) is 14.9 Å². The highest BCUT2D eigenvalue weighted by molar-refractivity contribution is 5.91. The van der Waals surface area contributed by atoms with Crippen LogP contribution in [0.1, 0.15) is 12.0 Å². The Labute approximate surface area is 178 Å². The molecular formula is C23H31N5O2. The van der Waals surface area contributed by atoms with Crippen LogP contribution < -0.4 is 20.1 Å². The topological polar surface area (TPSA) is 71.5 Å². The first-order valence-corrected chi connectivity index (χ1v) is 10.2. The summed E-state index contributed by atoms with van der Waals surface area (Å²) in [6.07, 6.45) is 3.43. The van der Waals surface area contributed by atoms with Gasteiger partial charge in [-0.15, -0.1) is 0 Å². The largest absolute Gasteiger partial charge is 0.493 e. The van der Waals surface area contributed by atoms with Crippen molar-refractivity contribution in [2.75, 3.05) is 58.6 Å². The van der Waals surface area contributed by atoms with Crippen molar-refractivity contribution >= 4 is 22.4 Å². The zero-order valence-corrected chi connectivity index (χ0v) is 18.2. The van der Waals surface area contributed by atoms with Gasteiger partial charge in [0.1, 0.15) is 12.1 Å². The van der Waals surface area contributed by atoms with E-state index in [0.717, 1.165) is 48.3 Å². The number of nitrogens with one attached hydrogen (secondary N) is 2. The average molecular weight is 410 g/mol. The van der Waals surface area contributed by atoms with E-state index >= 15 is 0 Å². The molecular weight excluding hydrogens is 378 g/mol. The molecule has 0 aliphatic rings. The van der Waals surface area contributed by atoms with Gasteiger partial charge in [-0.05, 0) is 50.7 Å². The van der Waals surface area contributed by atoms with Gasteiger partial charge in [0.25, 0.3) is 0 Å². The molecule has 0 amide bonds. The molecule has 0 fully saturated rings. The van der Waals surface area contributed by atoms with E-state index in [9.17, 15) is 0 Å². The second-order valence-electron chi connectivity index (χ2n) is 7.37. The molecule has 0 spiro atoms. The van der Waals surface area contributed by atoms with Gasteiger partial charge in [0, 0.05) is 37.3 Å². The minimum Gasteiger partial charge on any atom is -0.493 e. The van der Waals surface area contributed by atoms with E-state index in [1.165, 1.54) is 5.56 Å². The zero-order chi connectivity index (χ0) is 21.3. The number of benzene rings is 2. The molecule has 7 heteroatoms. The number of aromatic nitrogens is 2. The third kappa shape index (κ3) is 5.73. The van der Waals surface area contributed by atoms with E-state index in [1.807, 2.05) is 19.2 Å². The van der Waals surface area contributed by atoms with Gasteiger partial charge in [0.05, 0.1) is 19.2 Å². The number of rotatable bonds is 11. The van der Waals surface area contributed by atoms with Crippen LogP contribution in [0, 0.1) is 0 Å². The minimum absolute atomic E-state index is 0.628. The summed E-state index contributed by atoms with van der Waals surface area (Å²) in [4.78, 5) is 11.0. The Balaban J connectivity index is 1.69. The fourth-order valence-electron chi connectivity index (χ4n) is 3.20. The van der Waals surface area contributed by atoms with Crippen LogP contribution >= 0.6 is 0 Å². The summed E-state index contributed by atoms with van der Waals surface area (Å²) in [5.41, 5.74) is 3.21. The predicted molar refractivity (Wildman–Crippen MR) is 123 cm³/mol. The lowest BCUT2D eigenvalue weighted by molar-refractivity contribution is 0.268. The smallest absolute Gasteiger partial charge is 0.163 e. The molecule has 1 heterocycles. The summed E-state index contributed by atoms with van der Waals surface area (Å²) >= 11 is 0. The monoisotopic (exact) mass is 409 g/mol. The minimum atomic E-state index is 0.628. The molecule has 2 aromatic carbocycles. The molecule has 3 rings (SSSR count). The lowest BCUT2D eigenvalue weighted by atomic mass is 10.1. The second kappa shape index (κ2) is 10.6. The molecule has 0 aliphatic carbocycles. The molecule has 0 saturated heterocycles. The number of methoxy groups -OCH3 is 1. The molecule has 160 valence electrons. The van der Waals surface area contributed by atoms with Crippen LogP contribution in [-0.2, 0) is 6.42 Å². The summed E-state index contributed by atoms with van der Waals surface area (Å²) in [6, 6.07) is 12.3. The maximum absolute atomic E-state index is 5.95. The summed E-state index contributed by atoms with van der Waals surface area (Å²) in [7, 11) is 7.68. The standard InChI is InChI=1S/C23H31N5O2/c1-24-18-8-6-17(7-9-18)10-11-25-23-19-14-21(29-4)22(15-20(19)26-16-27-23)30-13-5-12-28(2)3/h6-9,14-16,24H,5,10-13H2,1-4H3,(H,25,26,27). The van der Waals surface area contributed by atoms with Crippen LogP contribution in [0.2, 0.25) is 0 Å². The highest BCUT2D eigenvalue weighted by Crippen LogP contribution is 2.34. The number of nitrogens with zero attached hydrogens (tertiary/aromatic N) is 3. The van der Waals surface area contributed by atoms with Gasteiger partial charge >= 0.3 is 0 Å². The van der Waals surface area contributed by atoms with Crippen molar-refractivity contribution in [1.29, 1.82) is 0 Å². The predicted octanol–water partition coefficient (Wildman–Crippen LogP) is 3.67. The van der Waals surface area contributed by atoms with Crippen molar-refractivity contribution in [2.45, 2.75) is 12.8 Å². The van der Waals surface area contributed by atoms with E-state index in [4.69, 9.17) is 9.47 Å². The van der Waals surface area contributed by atoms with Crippen LogP contribution in [0.3, 0.4) is 0 Å². The molecule has 30 heavy (non-hydrogen) atoms. The normalized spacial score (nSPS) is 11.0. The molecule has 2 N–H and O–H groups in total. The van der Waals surface area contributed by atoms with Crippen molar-refractivity contribution < 1.29 is 9.47 Å². The summed E-state index contributed by atoms with van der Waals surface area (Å²) in [5, 5.41) is 7.48. The first-order valence-electron chi connectivity index (χ1n) is 10.2. The summed E-state index contributed by atoms with van der Waals surface area (Å²) in [5.74, 6) is 2.19. The molecule has 1 aromatic heterocycles. The van der Waals surface area contributed by atoms with Gasteiger partial charge in [-0.2, -0.15) is 0 Å². The Morgan fingerprint density at radius 2 is 1.83 bits per heavy atom. The highest BCUT2D eigenvalue weighted by Gasteiger charge is 2.11. The van der Waals surface area contributed by atoms with E-state index in [-0.39, 0.29) is 0 Å². The zero-order valence-electron chi connectivity index (χ0n) is 18.2. The van der Waals surface area contributed by atoms with Crippen molar-refractivity contribution in [2.24, 2.45) is 0 Å². The number of hydrogen-bond donors (Lipinski definition) is 2. The molecule has 0 atom stereocenters. The molecule has 3 aromatic rings. The number of ether oxygens (including phenoxy) is 2. The van der Waals surface area contributed by atoms with Gasteiger partial charge in [-0.25, -0.2) is 9.97 Å². The average Bonchev–Trinajstić information content (AvgIpc) is 2.76. The quantitative estimate of drug-likeness (QED) is 0.468. The van der Waals surface area contributed by atoms with E-state index in [0.29, 0.717) is 18.1 Å². The van der Waals surface area contributed by atoms with Crippen LogP contribution in [0.5, 0.6) is 11.5 Å². The molecule has 0 aliphatic heterocycles. The Morgan fingerprint density at radius 1 is 1.03 bits per heavy atom. The van der Waals surface area contributed by atoms with Crippen molar-refractivity contribution in [3.8, 4) is 11.5 Å². The number of anilines is 2. The fraction of sp³-hybridized carbons (Fsp3) is 0.391. The first-order chi connectivity index (χ1) is 14.6. The Hall–Kier alpha value is -3.06. The second-order valence-corrected chi connectivity index (χ2v) is 7.37.